The summed E-state index contributed by atoms with van der Waals surface area (Å²) in [4.78, 5) is 28.0. The number of nitrogens with zero attached hydrogens (tertiary/aromatic N) is 3. The molecule has 0 unspecified atom stereocenters. The SMILES string of the molecule is C=Cc1nc(C(=O)OC)cc(-c2cnn(C)c(=O)c2Cl)c1C=C. The van der Waals surface area contributed by atoms with Crippen LogP contribution in [0.1, 0.15) is 21.7 Å². The number of methoxy groups -OCH3 is 1. The summed E-state index contributed by atoms with van der Waals surface area (Å²) >= 11 is 6.15. The molecule has 6 nitrogen and oxygen atoms in total. The summed E-state index contributed by atoms with van der Waals surface area (Å²) in [5, 5.41) is 3.95. The number of rotatable bonds is 4. The van der Waals surface area contributed by atoms with Crippen molar-refractivity contribution in [3.63, 3.8) is 0 Å². The molecule has 2 aromatic rings. The van der Waals surface area contributed by atoms with Crippen molar-refractivity contribution in [2.45, 2.75) is 0 Å². The summed E-state index contributed by atoms with van der Waals surface area (Å²) < 4.78 is 5.82. The van der Waals surface area contributed by atoms with E-state index in [4.69, 9.17) is 16.3 Å². The summed E-state index contributed by atoms with van der Waals surface area (Å²) in [5.74, 6) is -0.613. The van der Waals surface area contributed by atoms with Gasteiger partial charge < -0.3 is 4.74 Å². The maximum Gasteiger partial charge on any atom is 0.356 e. The van der Waals surface area contributed by atoms with E-state index in [2.05, 4.69) is 23.2 Å². The van der Waals surface area contributed by atoms with Gasteiger partial charge in [-0.25, -0.2) is 14.5 Å². The minimum atomic E-state index is -0.613. The maximum absolute atomic E-state index is 12.0. The first-order valence-electron chi connectivity index (χ1n) is 6.55. The molecular weight excluding hydrogens is 318 g/mol. The second kappa shape index (κ2) is 6.58. The van der Waals surface area contributed by atoms with Crippen molar-refractivity contribution < 1.29 is 9.53 Å². The van der Waals surface area contributed by atoms with Crippen molar-refractivity contribution >= 4 is 29.7 Å². The lowest BCUT2D eigenvalue weighted by Gasteiger charge is -2.12. The van der Waals surface area contributed by atoms with Crippen molar-refractivity contribution in [2.24, 2.45) is 7.05 Å². The number of hydrogen-bond acceptors (Lipinski definition) is 5. The molecule has 0 atom stereocenters. The van der Waals surface area contributed by atoms with Crippen LogP contribution in [0.3, 0.4) is 0 Å². The molecule has 0 radical (unpaired) electrons. The molecule has 2 heterocycles. The fraction of sp³-hybridized carbons (Fsp3) is 0.125. The van der Waals surface area contributed by atoms with Gasteiger partial charge in [0.05, 0.1) is 19.0 Å². The number of hydrogen-bond donors (Lipinski definition) is 0. The van der Waals surface area contributed by atoms with E-state index < -0.39 is 11.5 Å². The van der Waals surface area contributed by atoms with Crippen LogP contribution in [0.2, 0.25) is 5.02 Å². The Morgan fingerprint density at radius 2 is 2.04 bits per heavy atom. The Bertz CT molecular complexity index is 872. The van der Waals surface area contributed by atoms with Crippen molar-refractivity contribution in [2.75, 3.05) is 7.11 Å². The number of halogens is 1. The molecular formula is C16H14ClN3O3. The fourth-order valence-electron chi connectivity index (χ4n) is 2.08. The fourth-order valence-corrected chi connectivity index (χ4v) is 2.35. The Morgan fingerprint density at radius 1 is 1.35 bits per heavy atom. The van der Waals surface area contributed by atoms with Crippen molar-refractivity contribution in [3.05, 3.63) is 57.7 Å². The minimum Gasteiger partial charge on any atom is -0.464 e. The number of esters is 1. The number of carbonyl (C=O) groups is 1. The van der Waals surface area contributed by atoms with Crippen molar-refractivity contribution in [3.8, 4) is 11.1 Å². The van der Waals surface area contributed by atoms with Crippen LogP contribution in [0.15, 0.2) is 30.2 Å². The summed E-state index contributed by atoms with van der Waals surface area (Å²) in [5.41, 5.74) is 1.51. The summed E-state index contributed by atoms with van der Waals surface area (Å²) in [6, 6.07) is 1.48. The lowest BCUT2D eigenvalue weighted by Crippen LogP contribution is -2.20. The van der Waals surface area contributed by atoms with Crippen LogP contribution in [0.25, 0.3) is 23.3 Å². The molecule has 0 N–H and O–H groups in total. The van der Waals surface area contributed by atoms with E-state index in [0.29, 0.717) is 22.4 Å². The lowest BCUT2D eigenvalue weighted by molar-refractivity contribution is 0.0594. The van der Waals surface area contributed by atoms with Crippen LogP contribution >= 0.6 is 11.6 Å². The minimum absolute atomic E-state index is 0.0115. The molecule has 7 heteroatoms. The third kappa shape index (κ3) is 2.93. The second-order valence-corrected chi connectivity index (χ2v) is 4.93. The zero-order valence-electron chi connectivity index (χ0n) is 12.7. The quantitative estimate of drug-likeness (QED) is 0.805. The Labute approximate surface area is 137 Å². The molecule has 2 aromatic heterocycles. The standard InChI is InChI=1S/C16H14ClN3O3/c1-5-9-10(11-8-18-20(3)15(21)14(11)17)7-13(16(22)23-4)19-12(9)6-2/h5-8H,1-2H2,3-4H3. The van der Waals surface area contributed by atoms with Gasteiger partial charge in [0.1, 0.15) is 10.7 Å². The van der Waals surface area contributed by atoms with E-state index in [-0.39, 0.29) is 10.7 Å². The Morgan fingerprint density at radius 3 is 2.61 bits per heavy atom. The van der Waals surface area contributed by atoms with Crippen LogP contribution in [0, 0.1) is 0 Å². The summed E-state index contributed by atoms with van der Waals surface area (Å²) in [6.45, 7) is 7.42. The first-order chi connectivity index (χ1) is 10.9. The van der Waals surface area contributed by atoms with E-state index in [0.717, 1.165) is 4.68 Å². The number of aromatic nitrogens is 3. The van der Waals surface area contributed by atoms with Crippen LogP contribution in [-0.2, 0) is 11.8 Å². The van der Waals surface area contributed by atoms with E-state index >= 15 is 0 Å². The molecule has 0 saturated carbocycles. The highest BCUT2D eigenvalue weighted by molar-refractivity contribution is 6.33. The summed E-state index contributed by atoms with van der Waals surface area (Å²) in [7, 11) is 2.75. The van der Waals surface area contributed by atoms with Gasteiger partial charge in [-0.3, -0.25) is 4.79 Å². The smallest absolute Gasteiger partial charge is 0.356 e. The molecule has 0 aliphatic rings. The molecule has 23 heavy (non-hydrogen) atoms. The van der Waals surface area contributed by atoms with E-state index in [1.807, 2.05) is 0 Å². The lowest BCUT2D eigenvalue weighted by atomic mass is 9.99. The maximum atomic E-state index is 12.0. The van der Waals surface area contributed by atoms with Gasteiger partial charge in [-0.15, -0.1) is 0 Å². The highest BCUT2D eigenvalue weighted by atomic mass is 35.5. The Kier molecular flexibility index (Phi) is 4.76. The van der Waals surface area contributed by atoms with Gasteiger partial charge in [0.2, 0.25) is 0 Å². The highest BCUT2D eigenvalue weighted by Crippen LogP contribution is 2.31. The van der Waals surface area contributed by atoms with Gasteiger partial charge in [-0.1, -0.05) is 30.8 Å². The number of ether oxygens (including phenoxy) is 1. The average molecular weight is 332 g/mol. The largest absolute Gasteiger partial charge is 0.464 e. The molecule has 0 aromatic carbocycles. The predicted molar refractivity (Wildman–Crippen MR) is 89.2 cm³/mol. The van der Waals surface area contributed by atoms with Gasteiger partial charge in [-0.05, 0) is 17.7 Å². The third-order valence-electron chi connectivity index (χ3n) is 3.25. The molecule has 0 aliphatic carbocycles. The Balaban J connectivity index is 2.87. The molecule has 0 saturated heterocycles. The van der Waals surface area contributed by atoms with E-state index in [9.17, 15) is 9.59 Å². The molecule has 118 valence electrons. The molecule has 2 rings (SSSR count). The van der Waals surface area contributed by atoms with Gasteiger partial charge in [0.15, 0.2) is 0 Å². The molecule has 0 amide bonds. The van der Waals surface area contributed by atoms with Gasteiger partial charge in [-0.2, -0.15) is 5.10 Å². The zero-order chi connectivity index (χ0) is 17.1. The summed E-state index contributed by atoms with van der Waals surface area (Å²) in [6.07, 6.45) is 4.48. The van der Waals surface area contributed by atoms with Crippen LogP contribution < -0.4 is 5.56 Å². The Hall–Kier alpha value is -2.73. The monoisotopic (exact) mass is 331 g/mol. The third-order valence-corrected chi connectivity index (χ3v) is 3.61. The van der Waals surface area contributed by atoms with Crippen LogP contribution in [-0.4, -0.2) is 27.8 Å². The van der Waals surface area contributed by atoms with E-state index in [1.54, 1.807) is 6.08 Å². The van der Waals surface area contributed by atoms with Crippen LogP contribution in [0.4, 0.5) is 0 Å². The van der Waals surface area contributed by atoms with Gasteiger partial charge >= 0.3 is 5.97 Å². The number of pyridine rings is 1. The van der Waals surface area contributed by atoms with Crippen molar-refractivity contribution in [1.29, 1.82) is 0 Å². The van der Waals surface area contributed by atoms with Crippen molar-refractivity contribution in [1.82, 2.24) is 14.8 Å². The second-order valence-electron chi connectivity index (χ2n) is 4.55. The van der Waals surface area contributed by atoms with Crippen LogP contribution in [0.5, 0.6) is 0 Å². The van der Waals surface area contributed by atoms with E-state index in [1.165, 1.54) is 32.5 Å². The normalized spacial score (nSPS) is 10.2. The first-order valence-corrected chi connectivity index (χ1v) is 6.92. The average Bonchev–Trinajstić information content (AvgIpc) is 2.57. The van der Waals surface area contributed by atoms with Gasteiger partial charge in [0.25, 0.3) is 5.56 Å². The molecule has 0 spiro atoms. The van der Waals surface area contributed by atoms with Gasteiger partial charge in [0, 0.05) is 18.2 Å². The molecule has 0 bridgehead atoms. The molecule has 0 fully saturated rings. The highest BCUT2D eigenvalue weighted by Gasteiger charge is 2.18. The first kappa shape index (κ1) is 16.6. The number of carbonyl (C=O) groups excluding carboxylic acids is 1. The molecule has 0 aliphatic heterocycles. The topological polar surface area (TPSA) is 74.1 Å². The number of aryl methyl sites for hydroxylation is 1. The zero-order valence-corrected chi connectivity index (χ0v) is 13.4. The predicted octanol–water partition coefficient (Wildman–Crippen LogP) is 2.57.